The number of methoxy groups -OCH3 is 1. The number of nitrogens with two attached hydrogens (primary N) is 1. The molecule has 0 aliphatic carbocycles. The maximum Gasteiger partial charge on any atom is 0.224 e. The molecule has 1 atom stereocenters. The van der Waals surface area contributed by atoms with Crippen LogP contribution in [0.3, 0.4) is 0 Å². The number of nitrogens with zero attached hydrogens (tertiary/aromatic N) is 1. The molecular formula is C10H21ClN2O2. The van der Waals surface area contributed by atoms with Gasteiger partial charge in [0.05, 0.1) is 13.0 Å². The van der Waals surface area contributed by atoms with Crippen LogP contribution in [-0.4, -0.2) is 44.2 Å². The monoisotopic (exact) mass is 236 g/mol. The number of carbonyl (C=O) groups excluding carboxylic acids is 1. The predicted octanol–water partition coefficient (Wildman–Crippen LogP) is 0.642. The van der Waals surface area contributed by atoms with Gasteiger partial charge in [-0.3, -0.25) is 4.79 Å². The van der Waals surface area contributed by atoms with E-state index in [9.17, 15) is 4.79 Å². The molecule has 0 radical (unpaired) electrons. The number of carbonyl (C=O) groups is 1. The van der Waals surface area contributed by atoms with Crippen LogP contribution in [0.4, 0.5) is 0 Å². The van der Waals surface area contributed by atoms with Crippen molar-refractivity contribution in [2.24, 2.45) is 11.7 Å². The Morgan fingerprint density at radius 2 is 2.33 bits per heavy atom. The van der Waals surface area contributed by atoms with Crippen molar-refractivity contribution >= 4 is 18.3 Å². The quantitative estimate of drug-likeness (QED) is 0.780. The molecule has 5 heteroatoms. The second-order valence-corrected chi connectivity index (χ2v) is 3.83. The van der Waals surface area contributed by atoms with Gasteiger partial charge in [0, 0.05) is 20.2 Å². The SMILES string of the molecule is COCCC(=O)N1CCCC(CN)C1.Cl. The first-order valence-electron chi connectivity index (χ1n) is 5.24. The van der Waals surface area contributed by atoms with Gasteiger partial charge in [-0.25, -0.2) is 0 Å². The van der Waals surface area contributed by atoms with Gasteiger partial charge < -0.3 is 15.4 Å². The third kappa shape index (κ3) is 4.82. The molecule has 1 amide bonds. The summed E-state index contributed by atoms with van der Waals surface area (Å²) in [6.07, 6.45) is 2.74. The van der Waals surface area contributed by atoms with Crippen LogP contribution >= 0.6 is 12.4 Å². The minimum Gasteiger partial charge on any atom is -0.384 e. The number of hydrogen-bond acceptors (Lipinski definition) is 3. The lowest BCUT2D eigenvalue weighted by atomic mass is 9.98. The summed E-state index contributed by atoms with van der Waals surface area (Å²) in [6.45, 7) is 2.93. The molecule has 4 nitrogen and oxygen atoms in total. The van der Waals surface area contributed by atoms with Gasteiger partial charge in [0.25, 0.3) is 0 Å². The Balaban J connectivity index is 0.00000196. The van der Waals surface area contributed by atoms with Crippen molar-refractivity contribution in [3.05, 3.63) is 0 Å². The Kier molecular flexibility index (Phi) is 7.74. The zero-order chi connectivity index (χ0) is 10.4. The molecule has 0 spiro atoms. The summed E-state index contributed by atoms with van der Waals surface area (Å²) in [5, 5.41) is 0. The highest BCUT2D eigenvalue weighted by Gasteiger charge is 2.21. The van der Waals surface area contributed by atoms with Crippen LogP contribution in [0.15, 0.2) is 0 Å². The van der Waals surface area contributed by atoms with Gasteiger partial charge in [-0.05, 0) is 25.3 Å². The predicted molar refractivity (Wildman–Crippen MR) is 62.1 cm³/mol. The lowest BCUT2D eigenvalue weighted by Crippen LogP contribution is -2.42. The van der Waals surface area contributed by atoms with E-state index in [0.29, 0.717) is 25.5 Å². The standard InChI is InChI=1S/C10H20N2O2.ClH/c1-14-6-4-10(13)12-5-2-3-9(7-11)8-12;/h9H,2-8,11H2,1H3;1H. The van der Waals surface area contributed by atoms with E-state index >= 15 is 0 Å². The fourth-order valence-electron chi connectivity index (χ4n) is 1.83. The third-order valence-electron chi connectivity index (χ3n) is 2.73. The van der Waals surface area contributed by atoms with E-state index in [1.165, 1.54) is 0 Å². The Hall–Kier alpha value is -0.320. The first-order valence-corrected chi connectivity index (χ1v) is 5.24. The molecule has 0 aromatic carbocycles. The highest BCUT2D eigenvalue weighted by Crippen LogP contribution is 2.15. The van der Waals surface area contributed by atoms with Gasteiger partial charge in [0.2, 0.25) is 5.91 Å². The molecule has 1 rings (SSSR count). The number of ether oxygens (including phenoxy) is 1. The smallest absolute Gasteiger partial charge is 0.224 e. The molecule has 15 heavy (non-hydrogen) atoms. The molecule has 1 aliphatic rings. The number of rotatable bonds is 4. The molecule has 0 aromatic rings. The molecule has 0 aromatic heterocycles. The molecular weight excluding hydrogens is 216 g/mol. The van der Waals surface area contributed by atoms with Crippen molar-refractivity contribution < 1.29 is 9.53 Å². The van der Waals surface area contributed by atoms with Crippen molar-refractivity contribution in [2.45, 2.75) is 19.3 Å². The molecule has 1 heterocycles. The Morgan fingerprint density at radius 1 is 1.60 bits per heavy atom. The second-order valence-electron chi connectivity index (χ2n) is 3.83. The van der Waals surface area contributed by atoms with E-state index in [1.54, 1.807) is 7.11 Å². The van der Waals surface area contributed by atoms with Gasteiger partial charge in [0.1, 0.15) is 0 Å². The van der Waals surface area contributed by atoms with Crippen molar-refractivity contribution in [3.63, 3.8) is 0 Å². The Bertz CT molecular complexity index is 190. The van der Waals surface area contributed by atoms with Gasteiger partial charge in [-0.2, -0.15) is 0 Å². The largest absolute Gasteiger partial charge is 0.384 e. The highest BCUT2D eigenvalue weighted by molar-refractivity contribution is 5.85. The van der Waals surface area contributed by atoms with Crippen LogP contribution in [0, 0.1) is 5.92 Å². The van der Waals surface area contributed by atoms with Crippen LogP contribution in [-0.2, 0) is 9.53 Å². The summed E-state index contributed by atoms with van der Waals surface area (Å²) in [6, 6.07) is 0. The van der Waals surface area contributed by atoms with Gasteiger partial charge in [-0.1, -0.05) is 0 Å². The van der Waals surface area contributed by atoms with Crippen molar-refractivity contribution in [1.82, 2.24) is 4.90 Å². The Labute approximate surface area is 97.5 Å². The molecule has 0 bridgehead atoms. The molecule has 1 unspecified atom stereocenters. The summed E-state index contributed by atoms with van der Waals surface area (Å²) >= 11 is 0. The summed E-state index contributed by atoms with van der Waals surface area (Å²) in [5.41, 5.74) is 5.60. The van der Waals surface area contributed by atoms with Crippen LogP contribution < -0.4 is 5.73 Å². The number of halogens is 1. The number of amides is 1. The first kappa shape index (κ1) is 14.7. The first-order chi connectivity index (χ1) is 6.77. The van der Waals surface area contributed by atoms with Gasteiger partial charge in [-0.15, -0.1) is 12.4 Å². The second kappa shape index (κ2) is 7.91. The van der Waals surface area contributed by atoms with Gasteiger partial charge >= 0.3 is 0 Å². The Morgan fingerprint density at radius 3 is 2.93 bits per heavy atom. The van der Waals surface area contributed by atoms with Crippen LogP contribution in [0.5, 0.6) is 0 Å². The lowest BCUT2D eigenvalue weighted by molar-refractivity contribution is -0.133. The normalized spacial score (nSPS) is 20.9. The van der Waals surface area contributed by atoms with Crippen molar-refractivity contribution in [1.29, 1.82) is 0 Å². The summed E-state index contributed by atoms with van der Waals surface area (Å²) < 4.78 is 4.88. The van der Waals surface area contributed by atoms with Crippen LogP contribution in [0.1, 0.15) is 19.3 Å². The molecule has 2 N–H and O–H groups in total. The summed E-state index contributed by atoms with van der Waals surface area (Å²) in [4.78, 5) is 13.5. The summed E-state index contributed by atoms with van der Waals surface area (Å²) in [5.74, 6) is 0.695. The number of piperidine rings is 1. The zero-order valence-corrected chi connectivity index (χ0v) is 10.1. The van der Waals surface area contributed by atoms with E-state index in [4.69, 9.17) is 10.5 Å². The average Bonchev–Trinajstić information content (AvgIpc) is 2.26. The molecule has 1 aliphatic heterocycles. The van der Waals surface area contributed by atoms with Crippen LogP contribution in [0.2, 0.25) is 0 Å². The van der Waals surface area contributed by atoms with E-state index in [1.807, 2.05) is 4.90 Å². The maximum absolute atomic E-state index is 11.6. The number of hydrogen-bond donors (Lipinski definition) is 1. The van der Waals surface area contributed by atoms with E-state index in [2.05, 4.69) is 0 Å². The fraction of sp³-hybridized carbons (Fsp3) is 0.900. The number of likely N-dealkylation sites (tertiary alicyclic amines) is 1. The molecule has 1 saturated heterocycles. The average molecular weight is 237 g/mol. The molecule has 1 fully saturated rings. The maximum atomic E-state index is 11.6. The van der Waals surface area contributed by atoms with E-state index in [-0.39, 0.29) is 18.3 Å². The summed E-state index contributed by atoms with van der Waals surface area (Å²) in [7, 11) is 1.62. The molecule has 90 valence electrons. The minimum atomic E-state index is 0. The van der Waals surface area contributed by atoms with E-state index < -0.39 is 0 Å². The van der Waals surface area contributed by atoms with Crippen LogP contribution in [0.25, 0.3) is 0 Å². The minimum absolute atomic E-state index is 0. The van der Waals surface area contributed by atoms with E-state index in [0.717, 1.165) is 25.9 Å². The zero-order valence-electron chi connectivity index (χ0n) is 9.28. The van der Waals surface area contributed by atoms with Crippen molar-refractivity contribution in [2.75, 3.05) is 33.4 Å². The highest BCUT2D eigenvalue weighted by atomic mass is 35.5. The van der Waals surface area contributed by atoms with Crippen molar-refractivity contribution in [3.8, 4) is 0 Å². The third-order valence-corrected chi connectivity index (χ3v) is 2.73. The topological polar surface area (TPSA) is 55.6 Å². The fourth-order valence-corrected chi connectivity index (χ4v) is 1.83. The molecule has 0 saturated carbocycles. The lowest BCUT2D eigenvalue weighted by Gasteiger charge is -2.32. The van der Waals surface area contributed by atoms with Gasteiger partial charge in [0.15, 0.2) is 0 Å².